The van der Waals surface area contributed by atoms with Crippen molar-refractivity contribution in [2.45, 2.75) is 39.7 Å². The van der Waals surface area contributed by atoms with Gasteiger partial charge in [0.1, 0.15) is 5.82 Å². The Kier molecular flexibility index (Phi) is 8.82. The second-order valence-electron chi connectivity index (χ2n) is 5.52. The molecule has 114 valence electrons. The molecule has 0 radical (unpaired) electrons. The average Bonchev–Trinajstić information content (AvgIpc) is 2.39. The third kappa shape index (κ3) is 7.09. The molecule has 1 aromatic rings. The molecule has 1 nitrogen and oxygen atoms in total. The van der Waals surface area contributed by atoms with Crippen molar-refractivity contribution < 1.29 is 4.39 Å². The molecule has 1 atom stereocenters. The van der Waals surface area contributed by atoms with Gasteiger partial charge in [0.2, 0.25) is 0 Å². The maximum Gasteiger partial charge on any atom is 0.126 e. The summed E-state index contributed by atoms with van der Waals surface area (Å²) in [6.45, 7) is 7.61. The molecule has 1 N–H and O–H groups in total. The number of hydrogen-bond donors (Lipinski definition) is 1. The molecule has 0 aliphatic heterocycles. The monoisotopic (exact) mass is 361 g/mol. The van der Waals surface area contributed by atoms with E-state index in [9.17, 15) is 4.39 Å². The number of thioether (sulfide) groups is 1. The highest BCUT2D eigenvalue weighted by Crippen LogP contribution is 2.19. The van der Waals surface area contributed by atoms with Crippen LogP contribution in [-0.4, -0.2) is 24.1 Å². The molecule has 1 unspecified atom stereocenters. The number of hydrogen-bond acceptors (Lipinski definition) is 2. The van der Waals surface area contributed by atoms with Crippen molar-refractivity contribution in [1.29, 1.82) is 0 Å². The standard InChI is InChI=1S/C16H25BrFNS/c1-4-7-19-15(11-20-10-12(2)3)9-13-8-14(17)5-6-16(13)18/h5-6,8,12,15,19H,4,7,9-11H2,1-3H3. The maximum absolute atomic E-state index is 13.8. The van der Waals surface area contributed by atoms with Gasteiger partial charge in [-0.15, -0.1) is 0 Å². The molecule has 20 heavy (non-hydrogen) atoms. The summed E-state index contributed by atoms with van der Waals surface area (Å²) in [4.78, 5) is 0. The van der Waals surface area contributed by atoms with Gasteiger partial charge >= 0.3 is 0 Å². The predicted molar refractivity (Wildman–Crippen MR) is 92.0 cm³/mol. The lowest BCUT2D eigenvalue weighted by atomic mass is 10.1. The van der Waals surface area contributed by atoms with Gasteiger partial charge < -0.3 is 5.32 Å². The second-order valence-corrected chi connectivity index (χ2v) is 7.51. The summed E-state index contributed by atoms with van der Waals surface area (Å²) in [6, 6.07) is 5.52. The lowest BCUT2D eigenvalue weighted by molar-refractivity contribution is 0.530. The zero-order valence-electron chi connectivity index (χ0n) is 12.6. The van der Waals surface area contributed by atoms with E-state index >= 15 is 0 Å². The fraction of sp³-hybridized carbons (Fsp3) is 0.625. The Morgan fingerprint density at radius 1 is 1.30 bits per heavy atom. The van der Waals surface area contributed by atoms with Crippen LogP contribution in [0.15, 0.2) is 22.7 Å². The topological polar surface area (TPSA) is 12.0 Å². The number of benzene rings is 1. The number of halogens is 2. The molecule has 0 aliphatic rings. The summed E-state index contributed by atoms with van der Waals surface area (Å²) in [5.74, 6) is 2.79. The minimum absolute atomic E-state index is 0.106. The highest BCUT2D eigenvalue weighted by molar-refractivity contribution is 9.10. The Bertz CT molecular complexity index is 398. The van der Waals surface area contributed by atoms with E-state index in [0.717, 1.165) is 40.9 Å². The van der Waals surface area contributed by atoms with Crippen molar-refractivity contribution in [3.05, 3.63) is 34.1 Å². The van der Waals surface area contributed by atoms with Crippen molar-refractivity contribution in [3.8, 4) is 0 Å². The van der Waals surface area contributed by atoms with E-state index in [1.54, 1.807) is 6.07 Å². The Morgan fingerprint density at radius 2 is 2.05 bits per heavy atom. The van der Waals surface area contributed by atoms with Gasteiger partial charge in [-0.05, 0) is 54.8 Å². The molecule has 1 aromatic carbocycles. The van der Waals surface area contributed by atoms with Gasteiger partial charge in [-0.25, -0.2) is 4.39 Å². The lowest BCUT2D eigenvalue weighted by Crippen LogP contribution is -2.34. The van der Waals surface area contributed by atoms with Crippen LogP contribution in [0.4, 0.5) is 4.39 Å². The van der Waals surface area contributed by atoms with Gasteiger partial charge in [0.05, 0.1) is 0 Å². The van der Waals surface area contributed by atoms with E-state index in [0.29, 0.717) is 12.0 Å². The van der Waals surface area contributed by atoms with Gasteiger partial charge in [0.25, 0.3) is 0 Å². The second kappa shape index (κ2) is 9.80. The largest absolute Gasteiger partial charge is 0.313 e. The van der Waals surface area contributed by atoms with Gasteiger partial charge in [0.15, 0.2) is 0 Å². The van der Waals surface area contributed by atoms with Gasteiger partial charge in [-0.1, -0.05) is 36.7 Å². The van der Waals surface area contributed by atoms with Gasteiger partial charge in [0, 0.05) is 16.3 Å². The van der Waals surface area contributed by atoms with Crippen molar-refractivity contribution in [3.63, 3.8) is 0 Å². The SMILES string of the molecule is CCCNC(CSCC(C)C)Cc1cc(Br)ccc1F. The van der Waals surface area contributed by atoms with E-state index in [-0.39, 0.29) is 5.82 Å². The molecule has 0 amide bonds. The summed E-state index contributed by atoms with van der Waals surface area (Å²) in [5, 5.41) is 3.54. The van der Waals surface area contributed by atoms with Crippen LogP contribution in [0.3, 0.4) is 0 Å². The van der Waals surface area contributed by atoms with E-state index in [4.69, 9.17) is 0 Å². The van der Waals surface area contributed by atoms with E-state index < -0.39 is 0 Å². The summed E-state index contributed by atoms with van der Waals surface area (Å²) >= 11 is 5.37. The molecule has 0 bridgehead atoms. The minimum Gasteiger partial charge on any atom is -0.313 e. The van der Waals surface area contributed by atoms with E-state index in [1.165, 1.54) is 6.07 Å². The highest BCUT2D eigenvalue weighted by atomic mass is 79.9. The first-order valence-corrected chi connectivity index (χ1v) is 9.22. The normalized spacial score (nSPS) is 12.9. The van der Waals surface area contributed by atoms with Gasteiger partial charge in [-0.2, -0.15) is 11.8 Å². The zero-order chi connectivity index (χ0) is 15.0. The number of nitrogens with one attached hydrogen (secondary N) is 1. The smallest absolute Gasteiger partial charge is 0.126 e. The van der Waals surface area contributed by atoms with Crippen molar-refractivity contribution in [2.75, 3.05) is 18.1 Å². The molecule has 0 fully saturated rings. The van der Waals surface area contributed by atoms with Crippen molar-refractivity contribution in [1.82, 2.24) is 5.32 Å². The molecule has 0 spiro atoms. The van der Waals surface area contributed by atoms with Crippen molar-refractivity contribution in [2.24, 2.45) is 5.92 Å². The average molecular weight is 362 g/mol. The summed E-state index contributed by atoms with van der Waals surface area (Å²) in [7, 11) is 0. The Balaban J connectivity index is 2.60. The first kappa shape index (κ1) is 18.0. The first-order chi connectivity index (χ1) is 9.52. The first-order valence-electron chi connectivity index (χ1n) is 7.28. The van der Waals surface area contributed by atoms with Crippen LogP contribution in [0.25, 0.3) is 0 Å². The van der Waals surface area contributed by atoms with Crippen LogP contribution in [-0.2, 0) is 6.42 Å². The summed E-state index contributed by atoms with van der Waals surface area (Å²) < 4.78 is 14.8. The quantitative estimate of drug-likeness (QED) is 0.671. The fourth-order valence-electron chi connectivity index (χ4n) is 1.95. The molecule has 0 aliphatic carbocycles. The Hall–Kier alpha value is -0.0600. The van der Waals surface area contributed by atoms with Crippen LogP contribution >= 0.6 is 27.7 Å². The lowest BCUT2D eigenvalue weighted by Gasteiger charge is -2.19. The van der Waals surface area contributed by atoms with E-state index in [1.807, 2.05) is 17.8 Å². The Morgan fingerprint density at radius 3 is 2.70 bits per heavy atom. The molecular formula is C16H25BrFNS. The molecule has 0 saturated carbocycles. The van der Waals surface area contributed by atoms with Crippen LogP contribution in [0.5, 0.6) is 0 Å². The van der Waals surface area contributed by atoms with Crippen LogP contribution in [0.1, 0.15) is 32.8 Å². The summed E-state index contributed by atoms with van der Waals surface area (Å²) in [6.07, 6.45) is 1.85. The molecule has 0 saturated heterocycles. The fourth-order valence-corrected chi connectivity index (χ4v) is 3.49. The van der Waals surface area contributed by atoms with Crippen LogP contribution in [0, 0.1) is 11.7 Å². The highest BCUT2D eigenvalue weighted by Gasteiger charge is 2.12. The third-order valence-corrected chi connectivity index (χ3v) is 4.96. The van der Waals surface area contributed by atoms with Crippen LogP contribution < -0.4 is 5.32 Å². The van der Waals surface area contributed by atoms with Crippen LogP contribution in [0.2, 0.25) is 0 Å². The molecule has 0 aromatic heterocycles. The van der Waals surface area contributed by atoms with Gasteiger partial charge in [-0.3, -0.25) is 0 Å². The number of rotatable bonds is 9. The molecule has 1 rings (SSSR count). The summed E-state index contributed by atoms with van der Waals surface area (Å²) in [5.41, 5.74) is 0.790. The minimum atomic E-state index is -0.106. The Labute approximate surface area is 135 Å². The van der Waals surface area contributed by atoms with Crippen molar-refractivity contribution >= 4 is 27.7 Å². The maximum atomic E-state index is 13.8. The predicted octanol–water partition coefficient (Wildman–Crippen LogP) is 4.89. The molecule has 4 heteroatoms. The molecule has 0 heterocycles. The third-order valence-electron chi connectivity index (χ3n) is 2.93. The zero-order valence-corrected chi connectivity index (χ0v) is 15.0. The molecular weight excluding hydrogens is 337 g/mol. The van der Waals surface area contributed by atoms with E-state index in [2.05, 4.69) is 42.0 Å².